The first-order valence-electron chi connectivity index (χ1n) is 9.50. The highest BCUT2D eigenvalue weighted by Gasteiger charge is 2.34. The van der Waals surface area contributed by atoms with Gasteiger partial charge in [-0.3, -0.25) is 9.59 Å². The van der Waals surface area contributed by atoms with Crippen LogP contribution < -0.4 is 5.32 Å². The number of halogens is 3. The second kappa shape index (κ2) is 7.81. The van der Waals surface area contributed by atoms with Crippen molar-refractivity contribution in [3.05, 3.63) is 65.0 Å². The topological polar surface area (TPSA) is 78.1 Å². The zero-order valence-corrected chi connectivity index (χ0v) is 15.9. The fraction of sp³-hybridized carbons (Fsp3) is 0.286. The van der Waals surface area contributed by atoms with Crippen molar-refractivity contribution in [2.75, 3.05) is 6.54 Å². The van der Waals surface area contributed by atoms with Crippen LogP contribution in [0.5, 0.6) is 0 Å². The van der Waals surface area contributed by atoms with E-state index in [9.17, 15) is 22.8 Å². The molecule has 0 saturated carbocycles. The lowest BCUT2D eigenvalue weighted by molar-refractivity contribution is -0.144. The molecular weight excluding hydrogens is 397 g/mol. The summed E-state index contributed by atoms with van der Waals surface area (Å²) in [4.78, 5) is 31.6. The van der Waals surface area contributed by atoms with Crippen molar-refractivity contribution >= 4 is 22.8 Å². The normalized spacial score (nSPS) is 14.5. The quantitative estimate of drug-likeness (QED) is 0.667. The number of benzene rings is 2. The number of fused-ring (bicyclic) bond motifs is 1. The first-order chi connectivity index (χ1) is 14.3. The highest BCUT2D eigenvalue weighted by molar-refractivity contribution is 5.97. The Hall–Kier alpha value is -3.36. The average molecular weight is 416 g/mol. The molecule has 1 aromatic heterocycles. The van der Waals surface area contributed by atoms with Crippen LogP contribution in [0.3, 0.4) is 0 Å². The first kappa shape index (κ1) is 19.9. The Balaban J connectivity index is 1.37. The molecule has 156 valence electrons. The van der Waals surface area contributed by atoms with E-state index in [1.165, 1.54) is 18.2 Å². The van der Waals surface area contributed by atoms with Crippen LogP contribution in [0.1, 0.15) is 40.2 Å². The lowest BCUT2D eigenvalue weighted by atomic mass is 10.1. The highest BCUT2D eigenvalue weighted by atomic mass is 19.4. The largest absolute Gasteiger partial charge is 0.449 e. The van der Waals surface area contributed by atoms with Gasteiger partial charge in [0.15, 0.2) is 0 Å². The first-order valence-corrected chi connectivity index (χ1v) is 9.50. The highest BCUT2D eigenvalue weighted by Crippen LogP contribution is 2.28. The number of hydrogen-bond donors (Lipinski definition) is 2. The van der Waals surface area contributed by atoms with Gasteiger partial charge in [-0.15, -0.1) is 0 Å². The maximum absolute atomic E-state index is 12.8. The molecule has 2 heterocycles. The molecule has 1 aliphatic rings. The van der Waals surface area contributed by atoms with E-state index >= 15 is 0 Å². The summed E-state index contributed by atoms with van der Waals surface area (Å²) in [7, 11) is 0. The Kier molecular flexibility index (Phi) is 5.19. The van der Waals surface area contributed by atoms with E-state index in [1.54, 1.807) is 0 Å². The zero-order valence-electron chi connectivity index (χ0n) is 15.9. The molecule has 0 radical (unpaired) electrons. The van der Waals surface area contributed by atoms with Crippen molar-refractivity contribution in [1.29, 1.82) is 0 Å². The number of amides is 2. The molecule has 2 aromatic carbocycles. The number of carbonyl (C=O) groups is 2. The van der Waals surface area contributed by atoms with E-state index in [0.717, 1.165) is 24.1 Å². The van der Waals surface area contributed by atoms with E-state index in [4.69, 9.17) is 0 Å². The van der Waals surface area contributed by atoms with Gasteiger partial charge in [-0.2, -0.15) is 13.2 Å². The van der Waals surface area contributed by atoms with Gasteiger partial charge in [0.05, 0.1) is 11.0 Å². The van der Waals surface area contributed by atoms with E-state index in [2.05, 4.69) is 15.3 Å². The number of nitrogens with zero attached hydrogens (tertiary/aromatic N) is 2. The van der Waals surface area contributed by atoms with Gasteiger partial charge in [-0.05, 0) is 35.7 Å². The van der Waals surface area contributed by atoms with Crippen molar-refractivity contribution < 1.29 is 22.8 Å². The molecule has 0 unspecified atom stereocenters. The molecule has 2 N–H and O–H groups in total. The monoisotopic (exact) mass is 416 g/mol. The molecule has 4 rings (SSSR count). The van der Waals surface area contributed by atoms with Gasteiger partial charge >= 0.3 is 6.18 Å². The molecule has 0 bridgehead atoms. The van der Waals surface area contributed by atoms with Gasteiger partial charge in [0.2, 0.25) is 11.7 Å². The third kappa shape index (κ3) is 4.29. The fourth-order valence-corrected chi connectivity index (χ4v) is 3.42. The number of alkyl halides is 3. The number of carbonyl (C=O) groups excluding carboxylic acids is 2. The second-order valence-electron chi connectivity index (χ2n) is 7.23. The molecule has 2 amide bonds. The van der Waals surface area contributed by atoms with Crippen molar-refractivity contribution in [1.82, 2.24) is 20.2 Å². The van der Waals surface area contributed by atoms with Crippen LogP contribution in [-0.4, -0.2) is 33.2 Å². The number of aromatic amines is 1. The van der Waals surface area contributed by atoms with Crippen LogP contribution in [0.4, 0.5) is 13.2 Å². The van der Waals surface area contributed by atoms with Crippen molar-refractivity contribution in [3.8, 4) is 0 Å². The molecular formula is C21H19F3N4O2. The Morgan fingerprint density at radius 3 is 2.53 bits per heavy atom. The number of hydrogen-bond acceptors (Lipinski definition) is 3. The van der Waals surface area contributed by atoms with Gasteiger partial charge in [-0.1, -0.05) is 24.3 Å². The Labute approximate surface area is 170 Å². The van der Waals surface area contributed by atoms with Gasteiger partial charge < -0.3 is 15.2 Å². The molecule has 1 saturated heterocycles. The van der Waals surface area contributed by atoms with Gasteiger partial charge in [-0.25, -0.2) is 4.98 Å². The lowest BCUT2D eigenvalue weighted by Gasteiger charge is -2.15. The molecule has 3 aromatic rings. The van der Waals surface area contributed by atoms with E-state index in [-0.39, 0.29) is 29.0 Å². The number of aromatic nitrogens is 2. The van der Waals surface area contributed by atoms with Gasteiger partial charge in [0.25, 0.3) is 5.91 Å². The van der Waals surface area contributed by atoms with Crippen LogP contribution in [0, 0.1) is 0 Å². The van der Waals surface area contributed by atoms with Crippen LogP contribution in [0.25, 0.3) is 11.0 Å². The van der Waals surface area contributed by atoms with Crippen molar-refractivity contribution in [2.45, 2.75) is 32.1 Å². The summed E-state index contributed by atoms with van der Waals surface area (Å²) in [5.74, 6) is -1.32. The summed E-state index contributed by atoms with van der Waals surface area (Å²) in [6, 6.07) is 11.8. The molecule has 6 nitrogen and oxygen atoms in total. The van der Waals surface area contributed by atoms with Crippen molar-refractivity contribution in [2.24, 2.45) is 0 Å². The molecule has 0 aliphatic carbocycles. The SMILES string of the molecule is O=C(NCc1ccc(CN2CCCC2=O)cc1)c1ccc2nc(C(F)(F)F)[nH]c2c1. The number of H-pyrrole nitrogens is 1. The molecule has 0 atom stereocenters. The number of imidazole rings is 1. The summed E-state index contributed by atoms with van der Waals surface area (Å²) < 4.78 is 38.3. The molecule has 30 heavy (non-hydrogen) atoms. The zero-order chi connectivity index (χ0) is 21.3. The van der Waals surface area contributed by atoms with Crippen LogP contribution in [0.15, 0.2) is 42.5 Å². The van der Waals surface area contributed by atoms with Crippen LogP contribution >= 0.6 is 0 Å². The summed E-state index contributed by atoms with van der Waals surface area (Å²) in [5, 5.41) is 2.76. The van der Waals surface area contributed by atoms with E-state index in [1.807, 2.05) is 29.2 Å². The minimum atomic E-state index is -4.57. The number of likely N-dealkylation sites (tertiary alicyclic amines) is 1. The maximum atomic E-state index is 12.8. The summed E-state index contributed by atoms with van der Waals surface area (Å²) in [6.45, 7) is 1.63. The van der Waals surface area contributed by atoms with E-state index < -0.39 is 17.9 Å². The predicted octanol–water partition coefficient (Wildman–Crippen LogP) is 3.63. The summed E-state index contributed by atoms with van der Waals surface area (Å²) in [5.41, 5.74) is 2.43. The van der Waals surface area contributed by atoms with E-state index in [0.29, 0.717) is 13.0 Å². The standard InChI is InChI=1S/C21H19F3N4O2/c22-21(23,24)20-26-16-8-7-15(10-17(16)27-20)19(30)25-11-13-3-5-14(6-4-13)12-28-9-1-2-18(28)29/h3-8,10H,1-2,9,11-12H2,(H,25,30)(H,26,27). The minimum absolute atomic E-state index is 0.144. The average Bonchev–Trinajstić information content (AvgIpc) is 3.32. The Morgan fingerprint density at radius 2 is 1.87 bits per heavy atom. The number of rotatable bonds is 5. The van der Waals surface area contributed by atoms with Crippen LogP contribution in [0.2, 0.25) is 0 Å². The Morgan fingerprint density at radius 1 is 1.13 bits per heavy atom. The van der Waals surface area contributed by atoms with Crippen LogP contribution in [-0.2, 0) is 24.1 Å². The third-order valence-electron chi connectivity index (χ3n) is 5.03. The number of nitrogens with one attached hydrogen (secondary N) is 2. The third-order valence-corrected chi connectivity index (χ3v) is 5.03. The van der Waals surface area contributed by atoms with Gasteiger partial charge in [0.1, 0.15) is 0 Å². The lowest BCUT2D eigenvalue weighted by Crippen LogP contribution is -2.24. The molecule has 1 fully saturated rings. The molecule has 1 aliphatic heterocycles. The minimum Gasteiger partial charge on any atom is -0.348 e. The van der Waals surface area contributed by atoms with Gasteiger partial charge in [0, 0.05) is 31.6 Å². The maximum Gasteiger partial charge on any atom is 0.449 e. The smallest absolute Gasteiger partial charge is 0.348 e. The fourth-order valence-electron chi connectivity index (χ4n) is 3.42. The second-order valence-corrected chi connectivity index (χ2v) is 7.23. The Bertz CT molecular complexity index is 1090. The van der Waals surface area contributed by atoms with Crippen molar-refractivity contribution in [3.63, 3.8) is 0 Å². The summed E-state index contributed by atoms with van der Waals surface area (Å²) >= 11 is 0. The molecule has 9 heteroatoms. The molecule has 0 spiro atoms. The predicted molar refractivity (Wildman–Crippen MR) is 103 cm³/mol. The summed E-state index contributed by atoms with van der Waals surface area (Å²) in [6.07, 6.45) is -3.08.